The second kappa shape index (κ2) is 8.98. The van der Waals surface area contributed by atoms with Crippen LogP contribution in [0.4, 0.5) is 0 Å². The predicted molar refractivity (Wildman–Crippen MR) is 110 cm³/mol. The second-order valence-corrected chi connectivity index (χ2v) is 7.84. The first-order valence-corrected chi connectivity index (χ1v) is 9.87. The minimum absolute atomic E-state index is 0.357. The monoisotopic (exact) mass is 410 g/mol. The molecule has 1 fully saturated rings. The second-order valence-electron chi connectivity index (χ2n) is 7.84. The summed E-state index contributed by atoms with van der Waals surface area (Å²) >= 11 is 0. The summed E-state index contributed by atoms with van der Waals surface area (Å²) in [5.41, 5.74) is -0.115. The minimum atomic E-state index is -1.34. The van der Waals surface area contributed by atoms with Gasteiger partial charge in [0.25, 0.3) is 0 Å². The highest BCUT2D eigenvalue weighted by molar-refractivity contribution is 5.89. The van der Waals surface area contributed by atoms with Crippen molar-refractivity contribution in [2.45, 2.75) is 50.7 Å². The number of benzene rings is 2. The van der Waals surface area contributed by atoms with Crippen molar-refractivity contribution in [3.8, 4) is 0 Å². The summed E-state index contributed by atoms with van der Waals surface area (Å²) in [5, 5.41) is 0. The molecule has 0 bridgehead atoms. The summed E-state index contributed by atoms with van der Waals surface area (Å²) in [6.07, 6.45) is 2.38. The Bertz CT molecular complexity index is 848. The lowest BCUT2D eigenvalue weighted by molar-refractivity contribution is -0.403. The van der Waals surface area contributed by atoms with E-state index < -0.39 is 23.1 Å². The van der Waals surface area contributed by atoms with Gasteiger partial charge in [-0.15, -0.1) is 0 Å². The average molecular weight is 410 g/mol. The van der Waals surface area contributed by atoms with Crippen molar-refractivity contribution < 1.29 is 29.1 Å². The summed E-state index contributed by atoms with van der Waals surface area (Å²) in [6.45, 7) is 11.9. The van der Waals surface area contributed by atoms with Crippen LogP contribution >= 0.6 is 0 Å². The molecule has 2 atom stereocenters. The highest BCUT2D eigenvalue weighted by Crippen LogP contribution is 2.42. The Labute approximate surface area is 176 Å². The summed E-state index contributed by atoms with van der Waals surface area (Å²) in [4.78, 5) is 45.8. The Balaban J connectivity index is 1.67. The molecular weight excluding hydrogens is 384 g/mol. The smallest absolute Gasteiger partial charge is 0.292 e. The predicted octanol–water partition coefficient (Wildman–Crippen LogP) is 4.90. The van der Waals surface area contributed by atoms with E-state index in [1.54, 1.807) is 36.4 Å². The van der Waals surface area contributed by atoms with Gasteiger partial charge in [0.05, 0.1) is 11.1 Å². The molecule has 30 heavy (non-hydrogen) atoms. The molecule has 1 aliphatic carbocycles. The van der Waals surface area contributed by atoms with Crippen LogP contribution in [0, 0.1) is 27.7 Å². The number of hydrogen-bond acceptors (Lipinski definition) is 6. The van der Waals surface area contributed by atoms with Gasteiger partial charge in [-0.1, -0.05) is 48.2 Å². The van der Waals surface area contributed by atoms with Gasteiger partial charge in [-0.3, -0.25) is 9.78 Å². The first kappa shape index (κ1) is 22.0. The Morgan fingerprint density at radius 3 is 1.53 bits per heavy atom. The van der Waals surface area contributed by atoms with Crippen molar-refractivity contribution in [1.82, 2.24) is 0 Å². The van der Waals surface area contributed by atoms with Gasteiger partial charge in [-0.25, -0.2) is 9.59 Å². The minimum Gasteiger partial charge on any atom is -0.292 e. The maximum Gasteiger partial charge on any atom is 0.373 e. The summed E-state index contributed by atoms with van der Waals surface area (Å²) in [5.74, 6) is -1.29. The Kier molecular flexibility index (Phi) is 6.58. The van der Waals surface area contributed by atoms with Crippen molar-refractivity contribution in [3.05, 3.63) is 84.6 Å². The first-order valence-electron chi connectivity index (χ1n) is 9.87. The fourth-order valence-corrected chi connectivity index (χ4v) is 3.39. The molecule has 1 saturated carbocycles. The van der Waals surface area contributed by atoms with Crippen molar-refractivity contribution in [2.24, 2.45) is 0 Å². The van der Waals surface area contributed by atoms with E-state index >= 15 is 0 Å². The molecule has 0 N–H and O–H groups in total. The van der Waals surface area contributed by atoms with Crippen LogP contribution in [0.15, 0.2) is 48.5 Å². The van der Waals surface area contributed by atoms with Crippen molar-refractivity contribution >= 4 is 11.9 Å². The first-order chi connectivity index (χ1) is 14.2. The van der Waals surface area contributed by atoms with Gasteiger partial charge in [0, 0.05) is 0 Å². The lowest BCUT2D eigenvalue weighted by Crippen LogP contribution is -2.56. The molecule has 1 aliphatic rings. The number of rotatable bonds is 6. The van der Waals surface area contributed by atoms with E-state index in [1.165, 1.54) is 0 Å². The van der Waals surface area contributed by atoms with Gasteiger partial charge in [-0.05, 0) is 64.8 Å². The van der Waals surface area contributed by atoms with Crippen molar-refractivity contribution in [1.29, 1.82) is 0 Å². The van der Waals surface area contributed by atoms with Crippen LogP contribution in [0.2, 0.25) is 0 Å². The van der Waals surface area contributed by atoms with Gasteiger partial charge >= 0.3 is 11.9 Å². The van der Waals surface area contributed by atoms with E-state index in [0.717, 1.165) is 24.0 Å². The Hall–Kier alpha value is -2.70. The van der Waals surface area contributed by atoms with Crippen LogP contribution in [0.25, 0.3) is 0 Å². The molecule has 0 aromatic heterocycles. The highest BCUT2D eigenvalue weighted by atomic mass is 17.2. The van der Waals surface area contributed by atoms with Gasteiger partial charge < -0.3 is 0 Å². The largest absolute Gasteiger partial charge is 0.373 e. The third-order valence-electron chi connectivity index (χ3n) is 5.30. The fourth-order valence-electron chi connectivity index (χ4n) is 3.39. The van der Waals surface area contributed by atoms with E-state index in [1.807, 2.05) is 26.0 Å². The third-order valence-corrected chi connectivity index (χ3v) is 5.30. The van der Waals surface area contributed by atoms with Crippen molar-refractivity contribution in [3.63, 3.8) is 0 Å². The maximum absolute atomic E-state index is 12.4. The van der Waals surface area contributed by atoms with Gasteiger partial charge in [0.15, 0.2) is 0 Å². The average Bonchev–Trinajstić information content (AvgIpc) is 2.73. The van der Waals surface area contributed by atoms with E-state index in [-0.39, 0.29) is 0 Å². The summed E-state index contributed by atoms with van der Waals surface area (Å²) in [7, 11) is 0. The zero-order valence-corrected chi connectivity index (χ0v) is 17.3. The SMILES string of the molecule is [CH2]C1(OOC(=O)c2cccc(C)c2)CCCCC1([CH2])OOC(=O)c1cccc(C)c1. The van der Waals surface area contributed by atoms with Crippen LogP contribution in [0.1, 0.15) is 57.5 Å². The van der Waals surface area contributed by atoms with Crippen molar-refractivity contribution in [2.75, 3.05) is 0 Å². The molecule has 158 valence electrons. The highest BCUT2D eigenvalue weighted by Gasteiger charge is 2.53. The molecule has 2 aromatic rings. The molecule has 0 spiro atoms. The number of carbonyl (C=O) groups is 2. The third kappa shape index (κ3) is 4.89. The normalized spacial score (nSPS) is 23.6. The quantitative estimate of drug-likeness (QED) is 0.498. The molecule has 6 nitrogen and oxygen atoms in total. The summed E-state index contributed by atoms with van der Waals surface area (Å²) in [6, 6.07) is 13.9. The lowest BCUT2D eigenvalue weighted by atomic mass is 9.74. The van der Waals surface area contributed by atoms with Crippen LogP contribution in [0.5, 0.6) is 0 Å². The van der Waals surface area contributed by atoms with E-state index in [4.69, 9.17) is 19.6 Å². The molecule has 0 saturated heterocycles. The summed E-state index contributed by atoms with van der Waals surface area (Å²) < 4.78 is 0. The molecule has 2 aromatic carbocycles. The molecule has 0 heterocycles. The van der Waals surface area contributed by atoms with E-state index in [0.29, 0.717) is 24.0 Å². The fraction of sp³-hybridized carbons (Fsp3) is 0.333. The van der Waals surface area contributed by atoms with Gasteiger partial charge in [0.1, 0.15) is 11.2 Å². The van der Waals surface area contributed by atoms with E-state index in [2.05, 4.69) is 13.8 Å². The molecule has 3 rings (SSSR count). The molecule has 6 heteroatoms. The zero-order valence-electron chi connectivity index (χ0n) is 17.3. The molecule has 0 amide bonds. The molecule has 2 unspecified atom stereocenters. The van der Waals surface area contributed by atoms with Gasteiger partial charge in [-0.2, -0.15) is 9.78 Å². The standard InChI is InChI=1S/C24H26O6/c1-17-9-7-11-19(15-17)21(25)27-29-23(3)13-5-6-14-24(23,4)30-28-22(26)20-12-8-10-18(2)16-20/h7-12,15-16H,3-6,13-14H2,1-2H3. The molecule has 0 aliphatic heterocycles. The Morgan fingerprint density at radius 2 is 1.17 bits per heavy atom. The van der Waals surface area contributed by atoms with E-state index in [9.17, 15) is 9.59 Å². The Morgan fingerprint density at radius 1 is 0.767 bits per heavy atom. The van der Waals surface area contributed by atoms with Crippen LogP contribution < -0.4 is 0 Å². The van der Waals surface area contributed by atoms with Gasteiger partial charge in [0.2, 0.25) is 0 Å². The molecule has 2 radical (unpaired) electrons. The molecular formula is C24H26O6. The topological polar surface area (TPSA) is 71.1 Å². The number of carbonyl (C=O) groups excluding carboxylic acids is 2. The van der Waals surface area contributed by atoms with Crippen LogP contribution in [-0.4, -0.2) is 23.1 Å². The maximum atomic E-state index is 12.4. The zero-order chi connectivity index (χ0) is 21.8. The lowest BCUT2D eigenvalue weighted by Gasteiger charge is -2.44. The number of aryl methyl sites for hydroxylation is 2. The van der Waals surface area contributed by atoms with Crippen LogP contribution in [-0.2, 0) is 19.6 Å². The number of hydrogen-bond donors (Lipinski definition) is 0. The van der Waals surface area contributed by atoms with Crippen LogP contribution in [0.3, 0.4) is 0 Å².